The summed E-state index contributed by atoms with van der Waals surface area (Å²) in [6.07, 6.45) is 0.576. The summed E-state index contributed by atoms with van der Waals surface area (Å²) < 4.78 is 7.16. The van der Waals surface area contributed by atoms with Crippen LogP contribution in [0.2, 0.25) is 0 Å². The van der Waals surface area contributed by atoms with Crippen molar-refractivity contribution >= 4 is 22.5 Å². The SMILES string of the molecule is CCc1nc2ccccc2c(=O)n1CC(=O)N1CCOc2ccc(C)cc21. The molecule has 6 heteroatoms. The fraction of sp³-hybridized carbons (Fsp3) is 0.286. The number of hydrogen-bond acceptors (Lipinski definition) is 4. The predicted octanol–water partition coefficient (Wildman–Crippen LogP) is 2.69. The number of aromatic nitrogens is 2. The number of fused-ring (bicyclic) bond motifs is 2. The molecule has 27 heavy (non-hydrogen) atoms. The average Bonchev–Trinajstić information content (AvgIpc) is 2.69. The zero-order valence-electron chi connectivity index (χ0n) is 15.4. The van der Waals surface area contributed by atoms with Crippen molar-refractivity contribution in [1.29, 1.82) is 0 Å². The number of carbonyl (C=O) groups is 1. The fourth-order valence-corrected chi connectivity index (χ4v) is 3.45. The normalized spacial score (nSPS) is 13.3. The van der Waals surface area contributed by atoms with E-state index < -0.39 is 0 Å². The summed E-state index contributed by atoms with van der Waals surface area (Å²) >= 11 is 0. The number of benzene rings is 2. The highest BCUT2D eigenvalue weighted by molar-refractivity contribution is 5.95. The van der Waals surface area contributed by atoms with Crippen molar-refractivity contribution in [2.75, 3.05) is 18.1 Å². The largest absolute Gasteiger partial charge is 0.490 e. The van der Waals surface area contributed by atoms with Gasteiger partial charge in [-0.15, -0.1) is 0 Å². The number of carbonyl (C=O) groups excluding carboxylic acids is 1. The maximum atomic E-state index is 13.1. The van der Waals surface area contributed by atoms with Gasteiger partial charge in [0.2, 0.25) is 5.91 Å². The van der Waals surface area contributed by atoms with Crippen molar-refractivity contribution < 1.29 is 9.53 Å². The lowest BCUT2D eigenvalue weighted by molar-refractivity contribution is -0.119. The Morgan fingerprint density at radius 2 is 2.04 bits per heavy atom. The summed E-state index contributed by atoms with van der Waals surface area (Å²) in [7, 11) is 0. The van der Waals surface area contributed by atoms with Crippen LogP contribution in [0.15, 0.2) is 47.3 Å². The Hall–Kier alpha value is -3.15. The van der Waals surface area contributed by atoms with Crippen molar-refractivity contribution in [3.8, 4) is 5.75 Å². The summed E-state index contributed by atoms with van der Waals surface area (Å²) in [6, 6.07) is 13.0. The van der Waals surface area contributed by atoms with E-state index in [-0.39, 0.29) is 18.0 Å². The molecule has 0 radical (unpaired) electrons. The zero-order chi connectivity index (χ0) is 19.0. The highest BCUT2D eigenvalue weighted by Gasteiger charge is 2.25. The molecule has 0 aliphatic carbocycles. The number of anilines is 1. The first-order valence-corrected chi connectivity index (χ1v) is 9.10. The van der Waals surface area contributed by atoms with Crippen molar-refractivity contribution in [3.05, 3.63) is 64.2 Å². The number of rotatable bonds is 3. The van der Waals surface area contributed by atoms with Crippen LogP contribution in [0.1, 0.15) is 18.3 Å². The number of amides is 1. The quantitative estimate of drug-likeness (QED) is 0.718. The van der Waals surface area contributed by atoms with E-state index in [1.165, 1.54) is 4.57 Å². The van der Waals surface area contributed by atoms with Crippen molar-refractivity contribution in [2.24, 2.45) is 0 Å². The Morgan fingerprint density at radius 3 is 2.85 bits per heavy atom. The second-order valence-corrected chi connectivity index (χ2v) is 6.66. The topological polar surface area (TPSA) is 64.4 Å². The molecule has 0 bridgehead atoms. The second-order valence-electron chi connectivity index (χ2n) is 6.66. The van der Waals surface area contributed by atoms with Gasteiger partial charge in [0.1, 0.15) is 24.7 Å². The molecule has 1 aliphatic heterocycles. The number of hydrogen-bond donors (Lipinski definition) is 0. The van der Waals surface area contributed by atoms with Crippen molar-refractivity contribution in [3.63, 3.8) is 0 Å². The second kappa shape index (κ2) is 6.87. The molecule has 2 heterocycles. The molecule has 0 saturated carbocycles. The molecule has 0 spiro atoms. The van der Waals surface area contributed by atoms with Crippen LogP contribution in [0.25, 0.3) is 10.9 Å². The summed E-state index contributed by atoms with van der Waals surface area (Å²) in [5.41, 5.74) is 2.29. The maximum Gasteiger partial charge on any atom is 0.261 e. The molecule has 1 aromatic heterocycles. The molecule has 1 aliphatic rings. The first kappa shape index (κ1) is 17.3. The van der Waals surface area contributed by atoms with Crippen LogP contribution in [0, 0.1) is 6.92 Å². The number of aryl methyl sites for hydroxylation is 2. The van der Waals surface area contributed by atoms with E-state index in [1.54, 1.807) is 11.0 Å². The van der Waals surface area contributed by atoms with Crippen LogP contribution < -0.4 is 15.2 Å². The lowest BCUT2D eigenvalue weighted by Gasteiger charge is -2.30. The van der Waals surface area contributed by atoms with E-state index >= 15 is 0 Å². The Labute approximate surface area is 157 Å². The minimum atomic E-state index is -0.177. The first-order valence-electron chi connectivity index (χ1n) is 9.10. The minimum absolute atomic E-state index is 0.0345. The third kappa shape index (κ3) is 3.07. The lowest BCUT2D eigenvalue weighted by atomic mass is 10.1. The van der Waals surface area contributed by atoms with Crippen molar-refractivity contribution in [1.82, 2.24) is 9.55 Å². The van der Waals surface area contributed by atoms with Crippen LogP contribution in [0.5, 0.6) is 5.75 Å². The molecule has 138 valence electrons. The average molecular weight is 363 g/mol. The fourth-order valence-electron chi connectivity index (χ4n) is 3.45. The summed E-state index contributed by atoms with van der Waals surface area (Å²) in [6.45, 7) is 4.78. The summed E-state index contributed by atoms with van der Waals surface area (Å²) in [4.78, 5) is 32.3. The maximum absolute atomic E-state index is 13.1. The van der Waals surface area contributed by atoms with Gasteiger partial charge in [-0.2, -0.15) is 0 Å². The van der Waals surface area contributed by atoms with Gasteiger partial charge < -0.3 is 9.64 Å². The van der Waals surface area contributed by atoms with E-state index in [0.717, 1.165) is 11.3 Å². The van der Waals surface area contributed by atoms with Crippen LogP contribution in [0.4, 0.5) is 5.69 Å². The lowest BCUT2D eigenvalue weighted by Crippen LogP contribution is -2.42. The highest BCUT2D eigenvalue weighted by atomic mass is 16.5. The third-order valence-electron chi connectivity index (χ3n) is 4.83. The molecule has 0 unspecified atom stereocenters. The molecule has 0 atom stereocenters. The van der Waals surface area contributed by atoms with Gasteiger partial charge in [0.05, 0.1) is 23.1 Å². The number of nitrogens with zero attached hydrogens (tertiary/aromatic N) is 3. The number of para-hydroxylation sites is 1. The van der Waals surface area contributed by atoms with Gasteiger partial charge in [0.25, 0.3) is 5.56 Å². The standard InChI is InChI=1S/C21H21N3O3/c1-3-19-22-16-7-5-4-6-15(16)21(26)24(19)13-20(25)23-10-11-27-18-9-8-14(2)12-17(18)23/h4-9,12H,3,10-11,13H2,1-2H3. The van der Waals surface area contributed by atoms with Gasteiger partial charge in [-0.25, -0.2) is 4.98 Å². The predicted molar refractivity (Wildman–Crippen MR) is 104 cm³/mol. The smallest absolute Gasteiger partial charge is 0.261 e. The Balaban J connectivity index is 1.73. The highest BCUT2D eigenvalue weighted by Crippen LogP contribution is 2.32. The zero-order valence-corrected chi connectivity index (χ0v) is 15.4. The van der Waals surface area contributed by atoms with Crippen LogP contribution in [-0.4, -0.2) is 28.6 Å². The molecule has 6 nitrogen and oxygen atoms in total. The molecule has 0 N–H and O–H groups in total. The molecule has 3 aromatic rings. The van der Waals surface area contributed by atoms with Gasteiger partial charge in [-0.3, -0.25) is 14.2 Å². The molecule has 1 amide bonds. The van der Waals surface area contributed by atoms with Gasteiger partial charge in [0.15, 0.2) is 0 Å². The van der Waals surface area contributed by atoms with Crippen LogP contribution in [0.3, 0.4) is 0 Å². The van der Waals surface area contributed by atoms with Gasteiger partial charge in [-0.05, 0) is 36.8 Å². The van der Waals surface area contributed by atoms with Gasteiger partial charge >= 0.3 is 0 Å². The molecule has 2 aromatic carbocycles. The van der Waals surface area contributed by atoms with Crippen LogP contribution >= 0.6 is 0 Å². The minimum Gasteiger partial charge on any atom is -0.490 e. The molecule has 0 saturated heterocycles. The molecular formula is C21H21N3O3. The third-order valence-corrected chi connectivity index (χ3v) is 4.83. The van der Waals surface area contributed by atoms with Crippen molar-refractivity contribution in [2.45, 2.75) is 26.8 Å². The van der Waals surface area contributed by atoms with E-state index in [9.17, 15) is 9.59 Å². The molecule has 4 rings (SSSR count). The Kier molecular flexibility index (Phi) is 4.39. The molecular weight excluding hydrogens is 342 g/mol. The Morgan fingerprint density at radius 1 is 1.22 bits per heavy atom. The van der Waals surface area contributed by atoms with Gasteiger partial charge in [-0.1, -0.05) is 25.1 Å². The monoisotopic (exact) mass is 363 g/mol. The number of ether oxygens (including phenoxy) is 1. The first-order chi connectivity index (χ1) is 13.1. The van der Waals surface area contributed by atoms with Gasteiger partial charge in [0, 0.05) is 6.42 Å². The molecule has 0 fully saturated rings. The van der Waals surface area contributed by atoms with E-state index in [1.807, 2.05) is 50.2 Å². The van der Waals surface area contributed by atoms with Crippen LogP contribution in [-0.2, 0) is 17.8 Å². The van der Waals surface area contributed by atoms with E-state index in [4.69, 9.17) is 4.74 Å². The Bertz CT molecular complexity index is 1090. The van der Waals surface area contributed by atoms with E-state index in [2.05, 4.69) is 4.98 Å². The summed E-state index contributed by atoms with van der Waals surface area (Å²) in [5, 5.41) is 0.528. The van der Waals surface area contributed by atoms with E-state index in [0.29, 0.717) is 42.0 Å². The summed E-state index contributed by atoms with van der Waals surface area (Å²) in [5.74, 6) is 1.17.